The lowest BCUT2D eigenvalue weighted by Gasteiger charge is -2.23. The second-order valence-corrected chi connectivity index (χ2v) is 6.60. The standard InChI is InChI=1S/C16H19FN2O3/c1-15(2,3)12(20)9-19-13(21)16(4,18-14(19)22)10-7-5-6-8-11(10)17/h5-8H,9H2,1-4H3,(H,18,22)/t16-/m0/s1. The van der Waals surface area contributed by atoms with E-state index in [1.807, 2.05) is 0 Å². The Labute approximate surface area is 128 Å². The average Bonchev–Trinajstić information content (AvgIpc) is 2.62. The minimum absolute atomic E-state index is 0.0825. The van der Waals surface area contributed by atoms with E-state index in [-0.39, 0.29) is 17.9 Å². The first-order valence-electron chi connectivity index (χ1n) is 7.00. The Hall–Kier alpha value is -2.24. The number of benzene rings is 1. The maximum absolute atomic E-state index is 14.0. The zero-order valence-corrected chi connectivity index (χ0v) is 13.1. The van der Waals surface area contributed by atoms with Gasteiger partial charge in [-0.05, 0) is 13.0 Å². The van der Waals surface area contributed by atoms with Crippen molar-refractivity contribution in [3.8, 4) is 0 Å². The van der Waals surface area contributed by atoms with Crippen molar-refractivity contribution in [1.29, 1.82) is 0 Å². The van der Waals surface area contributed by atoms with Crippen LogP contribution in [0.3, 0.4) is 0 Å². The quantitative estimate of drug-likeness (QED) is 0.871. The lowest BCUT2D eigenvalue weighted by molar-refractivity contribution is -0.136. The van der Waals surface area contributed by atoms with Gasteiger partial charge in [0, 0.05) is 11.0 Å². The number of carbonyl (C=O) groups is 3. The van der Waals surface area contributed by atoms with Crippen molar-refractivity contribution in [2.24, 2.45) is 5.41 Å². The van der Waals surface area contributed by atoms with Crippen molar-refractivity contribution in [3.05, 3.63) is 35.6 Å². The zero-order chi connectivity index (χ0) is 16.7. The molecule has 1 aromatic rings. The molecular formula is C16H19FN2O3. The van der Waals surface area contributed by atoms with Gasteiger partial charge in [-0.2, -0.15) is 0 Å². The molecule has 2 rings (SSSR count). The Kier molecular flexibility index (Phi) is 3.81. The molecule has 0 aromatic heterocycles. The summed E-state index contributed by atoms with van der Waals surface area (Å²) in [5.41, 5.74) is -2.09. The number of imide groups is 1. The zero-order valence-electron chi connectivity index (χ0n) is 13.1. The Bertz CT molecular complexity index is 651. The van der Waals surface area contributed by atoms with Crippen LogP contribution in [0.2, 0.25) is 0 Å². The number of rotatable bonds is 3. The molecule has 0 saturated carbocycles. The van der Waals surface area contributed by atoms with E-state index in [2.05, 4.69) is 5.32 Å². The molecule has 0 aliphatic carbocycles. The molecule has 0 spiro atoms. The summed E-state index contributed by atoms with van der Waals surface area (Å²) >= 11 is 0. The van der Waals surface area contributed by atoms with E-state index in [9.17, 15) is 18.8 Å². The topological polar surface area (TPSA) is 66.5 Å². The molecule has 1 fully saturated rings. The fraction of sp³-hybridized carbons (Fsp3) is 0.438. The monoisotopic (exact) mass is 306 g/mol. The SMILES string of the molecule is CC(C)(C)C(=O)CN1C(=O)N[C@@](C)(c2ccccc2F)C1=O. The van der Waals surface area contributed by atoms with E-state index < -0.39 is 28.7 Å². The average molecular weight is 306 g/mol. The number of hydrogen-bond acceptors (Lipinski definition) is 3. The molecule has 1 atom stereocenters. The van der Waals surface area contributed by atoms with Crippen LogP contribution in [0.5, 0.6) is 0 Å². The molecule has 1 heterocycles. The first-order valence-corrected chi connectivity index (χ1v) is 7.00. The van der Waals surface area contributed by atoms with Crippen LogP contribution in [-0.4, -0.2) is 29.2 Å². The molecule has 5 nitrogen and oxygen atoms in total. The summed E-state index contributed by atoms with van der Waals surface area (Å²) in [5.74, 6) is -1.45. The Morgan fingerprint density at radius 3 is 2.41 bits per heavy atom. The van der Waals surface area contributed by atoms with Crippen molar-refractivity contribution in [2.75, 3.05) is 6.54 Å². The third-order valence-electron chi connectivity index (χ3n) is 3.83. The van der Waals surface area contributed by atoms with E-state index in [1.54, 1.807) is 26.8 Å². The van der Waals surface area contributed by atoms with Crippen LogP contribution in [0.15, 0.2) is 24.3 Å². The Morgan fingerprint density at radius 1 is 1.27 bits per heavy atom. The number of urea groups is 1. The van der Waals surface area contributed by atoms with Crippen LogP contribution in [-0.2, 0) is 15.1 Å². The molecule has 6 heteroatoms. The van der Waals surface area contributed by atoms with Crippen LogP contribution in [0, 0.1) is 11.2 Å². The fourth-order valence-corrected chi connectivity index (χ4v) is 2.27. The van der Waals surface area contributed by atoms with Gasteiger partial charge in [-0.1, -0.05) is 39.0 Å². The van der Waals surface area contributed by atoms with Gasteiger partial charge < -0.3 is 5.32 Å². The summed E-state index contributed by atoms with van der Waals surface area (Å²) in [7, 11) is 0. The summed E-state index contributed by atoms with van der Waals surface area (Å²) < 4.78 is 14.0. The highest BCUT2D eigenvalue weighted by molar-refractivity contribution is 6.09. The number of nitrogens with one attached hydrogen (secondary N) is 1. The highest BCUT2D eigenvalue weighted by atomic mass is 19.1. The highest BCUT2D eigenvalue weighted by Crippen LogP contribution is 2.31. The molecule has 3 amide bonds. The first-order chi connectivity index (χ1) is 10.1. The number of carbonyl (C=O) groups excluding carboxylic acids is 3. The Morgan fingerprint density at radius 2 is 1.86 bits per heavy atom. The predicted molar refractivity (Wildman–Crippen MR) is 78.5 cm³/mol. The number of Topliss-reactive ketones (excluding diaryl/α,β-unsaturated/α-hetero) is 1. The molecule has 118 valence electrons. The van der Waals surface area contributed by atoms with Gasteiger partial charge in [-0.25, -0.2) is 9.18 Å². The second kappa shape index (κ2) is 5.19. The second-order valence-electron chi connectivity index (χ2n) is 6.60. The number of hydrogen-bond donors (Lipinski definition) is 1. The summed E-state index contributed by atoms with van der Waals surface area (Å²) in [6, 6.07) is 5.08. The first kappa shape index (κ1) is 16.1. The molecule has 1 saturated heterocycles. The summed E-state index contributed by atoms with van der Waals surface area (Å²) in [6.07, 6.45) is 0. The van der Waals surface area contributed by atoms with Crippen molar-refractivity contribution in [2.45, 2.75) is 33.2 Å². The van der Waals surface area contributed by atoms with Crippen LogP contribution in [0.25, 0.3) is 0 Å². The third-order valence-corrected chi connectivity index (χ3v) is 3.83. The molecule has 1 aliphatic rings. The summed E-state index contributed by atoms with van der Waals surface area (Å²) in [4.78, 5) is 37.6. The van der Waals surface area contributed by atoms with Gasteiger partial charge in [0.15, 0.2) is 5.78 Å². The maximum atomic E-state index is 14.0. The largest absolute Gasteiger partial charge is 0.325 e. The highest BCUT2D eigenvalue weighted by Gasteiger charge is 2.51. The number of halogens is 1. The molecular weight excluding hydrogens is 287 g/mol. The van der Waals surface area contributed by atoms with Crippen LogP contribution in [0.4, 0.5) is 9.18 Å². The van der Waals surface area contributed by atoms with Crippen LogP contribution < -0.4 is 5.32 Å². The van der Waals surface area contributed by atoms with Gasteiger partial charge in [-0.15, -0.1) is 0 Å². The van der Waals surface area contributed by atoms with Crippen molar-refractivity contribution in [1.82, 2.24) is 10.2 Å². The van der Waals surface area contributed by atoms with E-state index >= 15 is 0 Å². The minimum Gasteiger partial charge on any atom is -0.319 e. The summed E-state index contributed by atoms with van der Waals surface area (Å²) in [6.45, 7) is 6.25. The van der Waals surface area contributed by atoms with E-state index in [0.29, 0.717) is 0 Å². The third kappa shape index (κ3) is 2.61. The molecule has 1 N–H and O–H groups in total. The Balaban J connectivity index is 2.33. The molecule has 0 unspecified atom stereocenters. The predicted octanol–water partition coefficient (Wildman–Crippen LogP) is 2.21. The lowest BCUT2D eigenvalue weighted by Crippen LogP contribution is -2.43. The lowest BCUT2D eigenvalue weighted by atomic mass is 9.89. The number of ketones is 1. The maximum Gasteiger partial charge on any atom is 0.325 e. The van der Waals surface area contributed by atoms with Crippen LogP contribution >= 0.6 is 0 Å². The molecule has 1 aromatic carbocycles. The fourth-order valence-electron chi connectivity index (χ4n) is 2.27. The molecule has 0 bridgehead atoms. The van der Waals surface area contributed by atoms with Gasteiger partial charge >= 0.3 is 6.03 Å². The van der Waals surface area contributed by atoms with Gasteiger partial charge in [0.05, 0.1) is 6.54 Å². The van der Waals surface area contributed by atoms with Crippen LogP contribution in [0.1, 0.15) is 33.3 Å². The van der Waals surface area contributed by atoms with Gasteiger partial charge in [-0.3, -0.25) is 14.5 Å². The molecule has 0 radical (unpaired) electrons. The minimum atomic E-state index is -1.50. The van der Waals surface area contributed by atoms with Crippen molar-refractivity contribution >= 4 is 17.7 Å². The van der Waals surface area contributed by atoms with E-state index in [1.165, 1.54) is 25.1 Å². The van der Waals surface area contributed by atoms with Gasteiger partial charge in [0.1, 0.15) is 11.4 Å². The summed E-state index contributed by atoms with van der Waals surface area (Å²) in [5, 5.41) is 2.49. The molecule has 1 aliphatic heterocycles. The van der Waals surface area contributed by atoms with Crippen molar-refractivity contribution < 1.29 is 18.8 Å². The normalized spacial score (nSPS) is 22.0. The number of amides is 3. The smallest absolute Gasteiger partial charge is 0.319 e. The van der Waals surface area contributed by atoms with Gasteiger partial charge in [0.25, 0.3) is 5.91 Å². The van der Waals surface area contributed by atoms with E-state index in [4.69, 9.17) is 0 Å². The van der Waals surface area contributed by atoms with Gasteiger partial charge in [0.2, 0.25) is 0 Å². The van der Waals surface area contributed by atoms with E-state index in [0.717, 1.165) is 4.90 Å². The number of nitrogens with zero attached hydrogens (tertiary/aromatic N) is 1. The van der Waals surface area contributed by atoms with Crippen molar-refractivity contribution in [3.63, 3.8) is 0 Å². The molecule has 22 heavy (non-hydrogen) atoms.